The first-order valence-electron chi connectivity index (χ1n) is 9.78. The predicted molar refractivity (Wildman–Crippen MR) is 104 cm³/mol. The average Bonchev–Trinajstić information content (AvgIpc) is 3.17. The Hall–Kier alpha value is -2.16. The minimum absolute atomic E-state index is 0.128. The van der Waals surface area contributed by atoms with E-state index in [9.17, 15) is 17.6 Å². The normalized spacial score (nSPS) is 23.5. The largest absolute Gasteiger partial charge is 0.416 e. The number of halogens is 4. The number of nitrogens with zero attached hydrogens (tertiary/aromatic N) is 2. The van der Waals surface area contributed by atoms with Gasteiger partial charge in [0, 0.05) is 50.9 Å². The van der Waals surface area contributed by atoms with Gasteiger partial charge in [-0.3, -0.25) is 10.3 Å². The van der Waals surface area contributed by atoms with Gasteiger partial charge in [-0.05, 0) is 42.0 Å². The molecule has 2 atom stereocenters. The number of hydrazine groups is 1. The van der Waals surface area contributed by atoms with Crippen LogP contribution in [-0.2, 0) is 6.18 Å². The maximum absolute atomic E-state index is 13.2. The maximum atomic E-state index is 13.2. The molecule has 0 radical (unpaired) electrons. The molecule has 0 aromatic heterocycles. The van der Waals surface area contributed by atoms with Crippen molar-refractivity contribution in [1.29, 1.82) is 0 Å². The summed E-state index contributed by atoms with van der Waals surface area (Å²) < 4.78 is 51.4. The van der Waals surface area contributed by atoms with E-state index in [1.54, 1.807) is 12.1 Å². The Morgan fingerprint density at radius 3 is 2.17 bits per heavy atom. The van der Waals surface area contributed by atoms with Crippen LogP contribution in [0.3, 0.4) is 0 Å². The molecule has 0 aliphatic carbocycles. The summed E-state index contributed by atoms with van der Waals surface area (Å²) in [6, 6.07) is 12.1. The van der Waals surface area contributed by atoms with Gasteiger partial charge in [-0.25, -0.2) is 9.82 Å². The molecule has 2 aliphatic heterocycles. The fraction of sp³-hybridized carbons (Fsp3) is 0.429. The molecule has 2 saturated heterocycles. The lowest BCUT2D eigenvalue weighted by molar-refractivity contribution is -0.137. The summed E-state index contributed by atoms with van der Waals surface area (Å²) in [4.78, 5) is 4.51. The first kappa shape index (κ1) is 20.1. The second-order valence-corrected chi connectivity index (χ2v) is 7.65. The molecule has 29 heavy (non-hydrogen) atoms. The van der Waals surface area contributed by atoms with Crippen molar-refractivity contribution < 1.29 is 17.6 Å². The van der Waals surface area contributed by atoms with Gasteiger partial charge in [-0.2, -0.15) is 13.2 Å². The van der Waals surface area contributed by atoms with Crippen LogP contribution in [-0.4, -0.2) is 44.2 Å². The maximum Gasteiger partial charge on any atom is 0.416 e. The van der Waals surface area contributed by atoms with Crippen molar-refractivity contribution in [3.8, 4) is 0 Å². The van der Waals surface area contributed by atoms with E-state index in [0.717, 1.165) is 62.7 Å². The standard InChI is InChI=1S/C21H24F4N4/c22-18-5-1-15(2-6-18)20-16(13-26-27-20)14-28-9-11-29(12-10-28)19-7-3-17(4-8-19)21(23,24)25/h1-8,16,20,26-27H,9-14H2. The third-order valence-corrected chi connectivity index (χ3v) is 5.75. The van der Waals surface area contributed by atoms with Crippen LogP contribution in [0.4, 0.5) is 23.2 Å². The Morgan fingerprint density at radius 1 is 0.897 bits per heavy atom. The molecule has 2 aliphatic rings. The van der Waals surface area contributed by atoms with Crippen molar-refractivity contribution in [3.05, 3.63) is 65.5 Å². The van der Waals surface area contributed by atoms with Crippen LogP contribution in [0.1, 0.15) is 17.2 Å². The number of anilines is 1. The number of nitrogens with one attached hydrogen (secondary N) is 2. The molecule has 8 heteroatoms. The van der Waals surface area contributed by atoms with E-state index in [1.165, 1.54) is 12.1 Å². The number of piperazine rings is 1. The monoisotopic (exact) mass is 408 g/mol. The summed E-state index contributed by atoms with van der Waals surface area (Å²) in [7, 11) is 0. The highest BCUT2D eigenvalue weighted by atomic mass is 19.4. The summed E-state index contributed by atoms with van der Waals surface area (Å²) in [6.45, 7) is 5.01. The topological polar surface area (TPSA) is 30.5 Å². The predicted octanol–water partition coefficient (Wildman–Crippen LogP) is 3.43. The van der Waals surface area contributed by atoms with E-state index in [0.29, 0.717) is 5.92 Å². The molecule has 2 unspecified atom stereocenters. The Bertz CT molecular complexity index is 799. The van der Waals surface area contributed by atoms with E-state index < -0.39 is 11.7 Å². The van der Waals surface area contributed by atoms with Gasteiger partial charge in [0.1, 0.15) is 5.82 Å². The molecule has 2 aromatic rings. The third-order valence-electron chi connectivity index (χ3n) is 5.75. The lowest BCUT2D eigenvalue weighted by Gasteiger charge is -2.37. The van der Waals surface area contributed by atoms with Gasteiger partial charge >= 0.3 is 6.18 Å². The zero-order valence-electron chi connectivity index (χ0n) is 15.9. The van der Waals surface area contributed by atoms with Crippen molar-refractivity contribution in [3.63, 3.8) is 0 Å². The summed E-state index contributed by atoms with van der Waals surface area (Å²) in [5, 5.41) is 0. The van der Waals surface area contributed by atoms with Crippen LogP contribution in [0.5, 0.6) is 0 Å². The highest BCUT2D eigenvalue weighted by Crippen LogP contribution is 2.31. The molecular formula is C21H24F4N4. The molecule has 4 nitrogen and oxygen atoms in total. The molecule has 0 spiro atoms. The molecule has 4 rings (SSSR count). The van der Waals surface area contributed by atoms with E-state index in [2.05, 4.69) is 20.7 Å². The second-order valence-electron chi connectivity index (χ2n) is 7.65. The summed E-state index contributed by atoms with van der Waals surface area (Å²) in [5.74, 6) is 0.119. The van der Waals surface area contributed by atoms with E-state index >= 15 is 0 Å². The number of hydrogen-bond donors (Lipinski definition) is 2. The second kappa shape index (κ2) is 8.30. The van der Waals surface area contributed by atoms with Gasteiger partial charge < -0.3 is 4.90 Å². The van der Waals surface area contributed by atoms with Crippen LogP contribution >= 0.6 is 0 Å². The van der Waals surface area contributed by atoms with Gasteiger partial charge in [0.15, 0.2) is 0 Å². The van der Waals surface area contributed by atoms with Crippen molar-refractivity contribution in [2.45, 2.75) is 12.2 Å². The smallest absolute Gasteiger partial charge is 0.369 e. The van der Waals surface area contributed by atoms with Gasteiger partial charge in [0.2, 0.25) is 0 Å². The number of rotatable bonds is 4. The van der Waals surface area contributed by atoms with Gasteiger partial charge in [0.25, 0.3) is 0 Å². The van der Waals surface area contributed by atoms with E-state index in [4.69, 9.17) is 0 Å². The zero-order valence-corrected chi connectivity index (χ0v) is 15.9. The lowest BCUT2D eigenvalue weighted by atomic mass is 9.94. The van der Waals surface area contributed by atoms with E-state index in [1.807, 2.05) is 12.1 Å². The van der Waals surface area contributed by atoms with Crippen LogP contribution in [0, 0.1) is 11.7 Å². The molecule has 2 aromatic carbocycles. The molecule has 2 heterocycles. The van der Waals surface area contributed by atoms with Gasteiger partial charge in [-0.1, -0.05) is 12.1 Å². The fourth-order valence-electron chi connectivity index (χ4n) is 4.11. The summed E-state index contributed by atoms with van der Waals surface area (Å²) in [6.07, 6.45) is -4.30. The minimum Gasteiger partial charge on any atom is -0.369 e. The van der Waals surface area contributed by atoms with Gasteiger partial charge in [-0.15, -0.1) is 0 Å². The molecule has 0 amide bonds. The zero-order chi connectivity index (χ0) is 20.4. The first-order valence-corrected chi connectivity index (χ1v) is 9.78. The highest BCUT2D eigenvalue weighted by molar-refractivity contribution is 5.48. The highest BCUT2D eigenvalue weighted by Gasteiger charge is 2.32. The fourth-order valence-corrected chi connectivity index (χ4v) is 4.11. The summed E-state index contributed by atoms with van der Waals surface area (Å²) in [5.41, 5.74) is 7.75. The Morgan fingerprint density at radius 2 is 1.55 bits per heavy atom. The molecule has 156 valence electrons. The van der Waals surface area contributed by atoms with Crippen LogP contribution in [0.25, 0.3) is 0 Å². The third kappa shape index (κ3) is 4.71. The average molecular weight is 408 g/mol. The van der Waals surface area contributed by atoms with Crippen molar-refractivity contribution in [2.24, 2.45) is 5.92 Å². The number of alkyl halides is 3. The number of benzene rings is 2. The lowest BCUT2D eigenvalue weighted by Crippen LogP contribution is -2.48. The molecule has 2 fully saturated rings. The van der Waals surface area contributed by atoms with Crippen molar-refractivity contribution >= 4 is 5.69 Å². The molecule has 2 N–H and O–H groups in total. The Balaban J connectivity index is 1.32. The first-order chi connectivity index (χ1) is 13.9. The van der Waals surface area contributed by atoms with Crippen LogP contribution < -0.4 is 15.8 Å². The van der Waals surface area contributed by atoms with Crippen LogP contribution in [0.15, 0.2) is 48.5 Å². The van der Waals surface area contributed by atoms with Crippen LogP contribution in [0.2, 0.25) is 0 Å². The van der Waals surface area contributed by atoms with Gasteiger partial charge in [0.05, 0.1) is 11.6 Å². The minimum atomic E-state index is -4.30. The van der Waals surface area contributed by atoms with E-state index in [-0.39, 0.29) is 11.9 Å². The quantitative estimate of drug-likeness (QED) is 0.759. The van der Waals surface area contributed by atoms with Crippen molar-refractivity contribution in [1.82, 2.24) is 15.8 Å². The van der Waals surface area contributed by atoms with Crippen molar-refractivity contribution in [2.75, 3.05) is 44.2 Å². The molecule has 0 bridgehead atoms. The SMILES string of the molecule is Fc1ccc(C2NNCC2CN2CCN(c3ccc(C(F)(F)F)cc3)CC2)cc1. The Labute approximate surface area is 167 Å². The molecular weight excluding hydrogens is 384 g/mol. The molecule has 0 saturated carbocycles. The number of hydrogen-bond acceptors (Lipinski definition) is 4. The Kier molecular flexibility index (Phi) is 5.76. The summed E-state index contributed by atoms with van der Waals surface area (Å²) >= 11 is 0.